The minimum Gasteiger partial charge on any atom is -0.373 e. The molecule has 4 rings (SSSR count). The zero-order chi connectivity index (χ0) is 17.6. The van der Waals surface area contributed by atoms with E-state index in [1.807, 2.05) is 23.3 Å². The van der Waals surface area contributed by atoms with Crippen molar-refractivity contribution in [1.29, 1.82) is 0 Å². The van der Waals surface area contributed by atoms with Crippen molar-refractivity contribution >= 4 is 17.2 Å². The molecule has 3 aliphatic rings. The molecule has 4 nitrogen and oxygen atoms in total. The van der Waals surface area contributed by atoms with Crippen LogP contribution in [0.5, 0.6) is 0 Å². The highest BCUT2D eigenvalue weighted by Crippen LogP contribution is 2.53. The molecule has 0 N–H and O–H groups in total. The van der Waals surface area contributed by atoms with E-state index in [2.05, 4.69) is 30.9 Å². The van der Waals surface area contributed by atoms with E-state index in [4.69, 9.17) is 4.74 Å². The lowest BCUT2D eigenvalue weighted by Crippen LogP contribution is -2.37. The molecule has 138 valence electrons. The highest BCUT2D eigenvalue weighted by Gasteiger charge is 2.59. The Balaban J connectivity index is 1.28. The lowest BCUT2D eigenvalue weighted by Gasteiger charge is -2.24. The number of likely N-dealkylation sites (tertiary alicyclic amines) is 1. The summed E-state index contributed by atoms with van der Waals surface area (Å²) < 4.78 is 5.91. The van der Waals surface area contributed by atoms with Gasteiger partial charge in [-0.25, -0.2) is 0 Å². The third kappa shape index (κ3) is 3.51. The Morgan fingerprint density at radius 1 is 1.32 bits per heavy atom. The van der Waals surface area contributed by atoms with E-state index < -0.39 is 0 Å². The van der Waals surface area contributed by atoms with E-state index in [0.717, 1.165) is 26.2 Å². The summed E-state index contributed by atoms with van der Waals surface area (Å²) in [6.07, 6.45) is 3.99. The van der Waals surface area contributed by atoms with E-state index in [0.29, 0.717) is 29.9 Å². The molecule has 4 atom stereocenters. The second kappa shape index (κ2) is 7.01. The van der Waals surface area contributed by atoms with Crippen molar-refractivity contribution in [3.05, 3.63) is 21.9 Å². The van der Waals surface area contributed by atoms with Gasteiger partial charge >= 0.3 is 0 Å². The summed E-state index contributed by atoms with van der Waals surface area (Å²) in [7, 11) is 1.94. The van der Waals surface area contributed by atoms with Crippen LogP contribution in [0, 0.1) is 17.8 Å². The maximum Gasteiger partial charge on any atom is 0.226 e. The number of hydrogen-bond donors (Lipinski definition) is 0. The predicted octanol–water partition coefficient (Wildman–Crippen LogP) is 3.53. The lowest BCUT2D eigenvalue weighted by molar-refractivity contribution is -0.133. The number of thiophene rings is 1. The number of ether oxygens (including phenoxy) is 1. The molecule has 1 aromatic heterocycles. The summed E-state index contributed by atoms with van der Waals surface area (Å²) >= 11 is 1.92. The summed E-state index contributed by atoms with van der Waals surface area (Å²) in [6, 6.07) is 4.84. The van der Waals surface area contributed by atoms with Crippen molar-refractivity contribution in [1.82, 2.24) is 9.80 Å². The van der Waals surface area contributed by atoms with Crippen LogP contribution in [0.3, 0.4) is 0 Å². The van der Waals surface area contributed by atoms with Gasteiger partial charge in [0, 0.05) is 55.0 Å². The number of nitrogens with zero attached hydrogens (tertiary/aromatic N) is 2. The molecular weight excluding hydrogens is 332 g/mol. The van der Waals surface area contributed by atoms with Crippen LogP contribution in [0.1, 0.15) is 49.0 Å². The first-order chi connectivity index (χ1) is 12.0. The number of fused-ring (bicyclic) bond motifs is 1. The van der Waals surface area contributed by atoms with E-state index in [-0.39, 0.29) is 5.92 Å². The second-order valence-corrected chi connectivity index (χ2v) is 9.45. The molecule has 25 heavy (non-hydrogen) atoms. The molecule has 1 aliphatic carbocycles. The number of carbonyl (C=O) groups excluding carboxylic acids is 1. The van der Waals surface area contributed by atoms with Gasteiger partial charge in [0.2, 0.25) is 5.91 Å². The minimum absolute atomic E-state index is 0.290. The number of amides is 1. The standard InChI is InChI=1S/C20H30N2O2S/c1-13(2)21(3)20(23)19-15-11-22(12-16(15)19)10-14-7-8-18(25-14)17-6-4-5-9-24-17/h7-8,13,15-17,19H,4-6,9-12H2,1-3H3/t15-,16+,17-,19?/m1/s1. The molecule has 1 aromatic rings. The molecule has 0 bridgehead atoms. The van der Waals surface area contributed by atoms with Gasteiger partial charge in [-0.3, -0.25) is 9.69 Å². The summed E-state index contributed by atoms with van der Waals surface area (Å²) in [4.78, 5) is 19.8. The number of carbonyl (C=O) groups is 1. The molecular formula is C20H30N2O2S. The van der Waals surface area contributed by atoms with Crippen molar-refractivity contribution in [3.63, 3.8) is 0 Å². The average molecular weight is 363 g/mol. The summed E-state index contributed by atoms with van der Waals surface area (Å²) in [6.45, 7) is 8.29. The van der Waals surface area contributed by atoms with Crippen molar-refractivity contribution in [2.75, 3.05) is 26.7 Å². The van der Waals surface area contributed by atoms with E-state index in [1.165, 1.54) is 29.0 Å². The number of piperidine rings is 1. The third-order valence-electron chi connectivity index (χ3n) is 6.24. The fraction of sp³-hybridized carbons (Fsp3) is 0.750. The number of hydrogen-bond acceptors (Lipinski definition) is 4. The van der Waals surface area contributed by atoms with Gasteiger partial charge in [-0.15, -0.1) is 11.3 Å². The first-order valence-electron chi connectivity index (χ1n) is 9.74. The first kappa shape index (κ1) is 17.5. The highest BCUT2D eigenvalue weighted by molar-refractivity contribution is 7.12. The maximum absolute atomic E-state index is 12.5. The van der Waals surface area contributed by atoms with Crippen LogP contribution in [0.25, 0.3) is 0 Å². The van der Waals surface area contributed by atoms with Crippen molar-refractivity contribution < 1.29 is 9.53 Å². The third-order valence-corrected chi connectivity index (χ3v) is 7.40. The first-order valence-corrected chi connectivity index (χ1v) is 10.6. The van der Waals surface area contributed by atoms with Crippen molar-refractivity contribution in [2.24, 2.45) is 17.8 Å². The Labute approximate surface area is 155 Å². The molecule has 2 saturated heterocycles. The molecule has 5 heteroatoms. The Morgan fingerprint density at radius 3 is 2.72 bits per heavy atom. The highest BCUT2D eigenvalue weighted by atomic mass is 32.1. The van der Waals surface area contributed by atoms with E-state index >= 15 is 0 Å². The quantitative estimate of drug-likeness (QED) is 0.803. The molecule has 1 amide bonds. The Morgan fingerprint density at radius 2 is 2.08 bits per heavy atom. The molecule has 2 aliphatic heterocycles. The van der Waals surface area contributed by atoms with Crippen LogP contribution in [0.4, 0.5) is 0 Å². The van der Waals surface area contributed by atoms with Crippen LogP contribution in [0.2, 0.25) is 0 Å². The molecule has 3 fully saturated rings. The zero-order valence-corrected chi connectivity index (χ0v) is 16.4. The molecule has 1 saturated carbocycles. The number of rotatable bonds is 5. The van der Waals surface area contributed by atoms with Crippen LogP contribution in [-0.4, -0.2) is 48.5 Å². The van der Waals surface area contributed by atoms with Gasteiger partial charge in [-0.05, 0) is 57.1 Å². The fourth-order valence-corrected chi connectivity index (χ4v) is 5.58. The van der Waals surface area contributed by atoms with Gasteiger partial charge in [0.1, 0.15) is 0 Å². The molecule has 3 heterocycles. The molecule has 1 unspecified atom stereocenters. The van der Waals surface area contributed by atoms with Crippen LogP contribution >= 0.6 is 11.3 Å². The normalized spacial score (nSPS) is 32.0. The topological polar surface area (TPSA) is 32.8 Å². The van der Waals surface area contributed by atoms with Crippen molar-refractivity contribution in [2.45, 2.75) is 51.8 Å². The monoisotopic (exact) mass is 362 g/mol. The van der Waals surface area contributed by atoms with Gasteiger partial charge in [-0.1, -0.05) is 0 Å². The summed E-state index contributed by atoms with van der Waals surface area (Å²) in [5, 5.41) is 0. The largest absolute Gasteiger partial charge is 0.373 e. The molecule has 0 aromatic carbocycles. The molecule has 0 radical (unpaired) electrons. The van der Waals surface area contributed by atoms with Crippen LogP contribution in [-0.2, 0) is 16.1 Å². The Bertz CT molecular complexity index is 611. The van der Waals surface area contributed by atoms with Gasteiger partial charge in [0.25, 0.3) is 0 Å². The SMILES string of the molecule is CC(C)N(C)C(=O)C1[C@H]2CN(Cc3ccc([C@H]4CCCCO4)s3)C[C@@H]12. The zero-order valence-electron chi connectivity index (χ0n) is 15.6. The van der Waals surface area contributed by atoms with Crippen LogP contribution in [0.15, 0.2) is 12.1 Å². The van der Waals surface area contributed by atoms with Crippen LogP contribution < -0.4 is 0 Å². The Hall–Kier alpha value is -0.910. The molecule has 0 spiro atoms. The van der Waals surface area contributed by atoms with Gasteiger partial charge in [0.15, 0.2) is 0 Å². The lowest BCUT2D eigenvalue weighted by atomic mass is 10.1. The van der Waals surface area contributed by atoms with Crippen molar-refractivity contribution in [3.8, 4) is 0 Å². The minimum atomic E-state index is 0.290. The van der Waals surface area contributed by atoms with Gasteiger partial charge in [-0.2, -0.15) is 0 Å². The summed E-state index contributed by atoms with van der Waals surface area (Å²) in [5.41, 5.74) is 0. The Kier molecular flexibility index (Phi) is 4.91. The predicted molar refractivity (Wildman–Crippen MR) is 101 cm³/mol. The summed E-state index contributed by atoms with van der Waals surface area (Å²) in [5.74, 6) is 1.83. The maximum atomic E-state index is 12.5. The van der Waals surface area contributed by atoms with E-state index in [9.17, 15) is 4.79 Å². The average Bonchev–Trinajstić information content (AvgIpc) is 2.97. The smallest absolute Gasteiger partial charge is 0.226 e. The fourth-order valence-electron chi connectivity index (χ4n) is 4.44. The van der Waals surface area contributed by atoms with Gasteiger partial charge in [0.05, 0.1) is 6.10 Å². The van der Waals surface area contributed by atoms with Gasteiger partial charge < -0.3 is 9.64 Å². The second-order valence-electron chi connectivity index (χ2n) is 8.25. The van der Waals surface area contributed by atoms with E-state index in [1.54, 1.807) is 0 Å².